The van der Waals surface area contributed by atoms with Crippen LogP contribution >= 0.6 is 0 Å². The van der Waals surface area contributed by atoms with E-state index in [2.05, 4.69) is 5.32 Å². The largest absolute Gasteiger partial charge is 0.314 e. The van der Waals surface area contributed by atoms with E-state index in [1.54, 1.807) is 6.42 Å². The van der Waals surface area contributed by atoms with E-state index in [1.807, 2.05) is 0 Å². The Balaban J connectivity index is 1.42. The summed E-state index contributed by atoms with van der Waals surface area (Å²) in [5.41, 5.74) is 0. The third-order valence-corrected chi connectivity index (χ3v) is 4.47. The summed E-state index contributed by atoms with van der Waals surface area (Å²) in [7, 11) is 0. The van der Waals surface area contributed by atoms with Gasteiger partial charge in [-0.15, -0.1) is 0 Å². The van der Waals surface area contributed by atoms with Crippen molar-refractivity contribution in [1.29, 1.82) is 0 Å². The standard InChI is InChI=1S/C13H23N/c1-2-11-8-12(11)6-7-13(3-1)14-9-10-4-5-10/h10-14H,1-9H2. The molecule has 0 aliphatic heterocycles. The van der Waals surface area contributed by atoms with Gasteiger partial charge in [0.15, 0.2) is 0 Å². The first-order valence-corrected chi connectivity index (χ1v) is 6.65. The van der Waals surface area contributed by atoms with Crippen molar-refractivity contribution < 1.29 is 0 Å². The van der Waals surface area contributed by atoms with Crippen molar-refractivity contribution >= 4 is 0 Å². The number of hydrogen-bond acceptors (Lipinski definition) is 1. The highest BCUT2D eigenvalue weighted by Crippen LogP contribution is 2.47. The highest BCUT2D eigenvalue weighted by atomic mass is 14.9. The lowest BCUT2D eigenvalue weighted by molar-refractivity contribution is 0.377. The Hall–Kier alpha value is -0.0400. The van der Waals surface area contributed by atoms with E-state index in [4.69, 9.17) is 0 Å². The summed E-state index contributed by atoms with van der Waals surface area (Å²) in [6, 6.07) is 0.872. The molecule has 3 fully saturated rings. The van der Waals surface area contributed by atoms with Gasteiger partial charge in [-0.25, -0.2) is 0 Å². The molecule has 3 rings (SSSR count). The molecule has 1 nitrogen and oxygen atoms in total. The highest BCUT2D eigenvalue weighted by Gasteiger charge is 2.37. The number of fused-ring (bicyclic) bond motifs is 1. The third kappa shape index (κ3) is 2.31. The second-order valence-corrected chi connectivity index (χ2v) is 5.81. The van der Waals surface area contributed by atoms with E-state index in [1.165, 1.54) is 51.5 Å². The molecule has 0 aromatic rings. The molecule has 0 aromatic heterocycles. The molecule has 0 spiro atoms. The second-order valence-electron chi connectivity index (χ2n) is 5.81. The van der Waals surface area contributed by atoms with Crippen LogP contribution in [0.3, 0.4) is 0 Å². The summed E-state index contributed by atoms with van der Waals surface area (Å²) in [4.78, 5) is 0. The smallest absolute Gasteiger partial charge is 0.00672 e. The van der Waals surface area contributed by atoms with E-state index in [9.17, 15) is 0 Å². The van der Waals surface area contributed by atoms with Crippen molar-refractivity contribution in [1.82, 2.24) is 5.32 Å². The van der Waals surface area contributed by atoms with Gasteiger partial charge in [0.2, 0.25) is 0 Å². The van der Waals surface area contributed by atoms with Gasteiger partial charge in [-0.2, -0.15) is 0 Å². The monoisotopic (exact) mass is 193 g/mol. The molecule has 0 bridgehead atoms. The SMILES string of the molecule is C1CC(NCC2CC2)CCC2CC2C1. The van der Waals surface area contributed by atoms with E-state index in [0.29, 0.717) is 0 Å². The topological polar surface area (TPSA) is 12.0 Å². The molecule has 1 N–H and O–H groups in total. The highest BCUT2D eigenvalue weighted by molar-refractivity contribution is 4.89. The summed E-state index contributed by atoms with van der Waals surface area (Å²) in [6.45, 7) is 1.32. The first-order chi connectivity index (χ1) is 6.92. The second kappa shape index (κ2) is 3.84. The Morgan fingerprint density at radius 2 is 1.71 bits per heavy atom. The first-order valence-electron chi connectivity index (χ1n) is 6.65. The van der Waals surface area contributed by atoms with E-state index < -0.39 is 0 Å². The fourth-order valence-corrected chi connectivity index (χ4v) is 3.06. The van der Waals surface area contributed by atoms with E-state index in [-0.39, 0.29) is 0 Å². The van der Waals surface area contributed by atoms with Crippen molar-refractivity contribution in [2.24, 2.45) is 17.8 Å². The van der Waals surface area contributed by atoms with Crippen LogP contribution in [0.4, 0.5) is 0 Å². The van der Waals surface area contributed by atoms with Crippen LogP contribution in [0.15, 0.2) is 0 Å². The quantitative estimate of drug-likeness (QED) is 0.726. The lowest BCUT2D eigenvalue weighted by Gasteiger charge is -2.20. The Morgan fingerprint density at radius 1 is 0.857 bits per heavy atom. The lowest BCUT2D eigenvalue weighted by Crippen LogP contribution is -2.31. The molecule has 80 valence electrons. The van der Waals surface area contributed by atoms with Crippen LogP contribution in [-0.2, 0) is 0 Å². The molecule has 3 atom stereocenters. The van der Waals surface area contributed by atoms with Crippen LogP contribution in [0.1, 0.15) is 51.4 Å². The summed E-state index contributed by atoms with van der Waals surface area (Å²) in [6.07, 6.45) is 12.0. The molecule has 14 heavy (non-hydrogen) atoms. The van der Waals surface area contributed by atoms with Crippen LogP contribution in [0.5, 0.6) is 0 Å². The van der Waals surface area contributed by atoms with Gasteiger partial charge < -0.3 is 5.32 Å². The maximum absolute atomic E-state index is 3.79. The molecular formula is C13H23N. The van der Waals surface area contributed by atoms with Gasteiger partial charge in [0.25, 0.3) is 0 Å². The van der Waals surface area contributed by atoms with Gasteiger partial charge in [-0.05, 0) is 62.8 Å². The van der Waals surface area contributed by atoms with Crippen molar-refractivity contribution in [3.8, 4) is 0 Å². The Morgan fingerprint density at radius 3 is 2.57 bits per heavy atom. The zero-order valence-corrected chi connectivity index (χ0v) is 9.17. The number of nitrogens with one attached hydrogen (secondary N) is 1. The predicted octanol–water partition coefficient (Wildman–Crippen LogP) is 2.95. The van der Waals surface area contributed by atoms with Gasteiger partial charge in [0.05, 0.1) is 0 Å². The minimum absolute atomic E-state index is 0.872. The summed E-state index contributed by atoms with van der Waals surface area (Å²) in [5, 5.41) is 3.79. The van der Waals surface area contributed by atoms with E-state index >= 15 is 0 Å². The molecule has 3 unspecified atom stereocenters. The van der Waals surface area contributed by atoms with Gasteiger partial charge in [-0.3, -0.25) is 0 Å². The normalized spacial score (nSPS) is 42.4. The molecule has 0 radical (unpaired) electrons. The Kier molecular flexibility index (Phi) is 2.53. The molecule has 0 aromatic carbocycles. The molecule has 0 heterocycles. The lowest BCUT2D eigenvalue weighted by atomic mass is 9.97. The summed E-state index contributed by atoms with van der Waals surface area (Å²) in [5.74, 6) is 3.34. The van der Waals surface area contributed by atoms with Crippen molar-refractivity contribution in [2.75, 3.05) is 6.54 Å². The van der Waals surface area contributed by atoms with Crippen molar-refractivity contribution in [2.45, 2.75) is 57.4 Å². The van der Waals surface area contributed by atoms with Crippen LogP contribution in [0.2, 0.25) is 0 Å². The molecular weight excluding hydrogens is 170 g/mol. The van der Waals surface area contributed by atoms with Gasteiger partial charge >= 0.3 is 0 Å². The maximum Gasteiger partial charge on any atom is 0.00672 e. The van der Waals surface area contributed by atoms with Crippen molar-refractivity contribution in [3.05, 3.63) is 0 Å². The minimum Gasteiger partial charge on any atom is -0.314 e. The number of rotatable bonds is 3. The summed E-state index contributed by atoms with van der Waals surface area (Å²) >= 11 is 0. The molecule has 3 aliphatic carbocycles. The minimum atomic E-state index is 0.872. The average Bonchev–Trinajstić information content (AvgIpc) is 3.00. The van der Waals surface area contributed by atoms with Crippen LogP contribution in [0.25, 0.3) is 0 Å². The van der Waals surface area contributed by atoms with Gasteiger partial charge in [-0.1, -0.05) is 12.8 Å². The number of hydrogen-bond donors (Lipinski definition) is 1. The molecule has 0 amide bonds. The zero-order valence-electron chi connectivity index (χ0n) is 9.17. The van der Waals surface area contributed by atoms with Crippen LogP contribution < -0.4 is 5.32 Å². The Labute approximate surface area is 87.7 Å². The maximum atomic E-state index is 3.79. The third-order valence-electron chi connectivity index (χ3n) is 4.47. The summed E-state index contributed by atoms with van der Waals surface area (Å²) < 4.78 is 0. The predicted molar refractivity (Wildman–Crippen MR) is 59.2 cm³/mol. The van der Waals surface area contributed by atoms with Gasteiger partial charge in [0, 0.05) is 6.04 Å². The molecule has 0 saturated heterocycles. The van der Waals surface area contributed by atoms with Crippen molar-refractivity contribution in [3.63, 3.8) is 0 Å². The fourth-order valence-electron chi connectivity index (χ4n) is 3.06. The molecule has 3 saturated carbocycles. The van der Waals surface area contributed by atoms with Crippen LogP contribution in [0, 0.1) is 17.8 Å². The first kappa shape index (κ1) is 9.21. The Bertz CT molecular complexity index is 195. The van der Waals surface area contributed by atoms with Crippen LogP contribution in [-0.4, -0.2) is 12.6 Å². The van der Waals surface area contributed by atoms with Gasteiger partial charge in [0.1, 0.15) is 0 Å². The average molecular weight is 193 g/mol. The molecule has 3 aliphatic rings. The molecule has 1 heteroatoms. The van der Waals surface area contributed by atoms with E-state index in [0.717, 1.165) is 23.8 Å². The zero-order chi connectivity index (χ0) is 9.38. The fraction of sp³-hybridized carbons (Fsp3) is 1.00.